The molecule has 0 radical (unpaired) electrons. The van der Waals surface area contributed by atoms with Gasteiger partial charge in [0.15, 0.2) is 0 Å². The third-order valence-corrected chi connectivity index (χ3v) is 3.11. The van der Waals surface area contributed by atoms with Crippen LogP contribution in [0.3, 0.4) is 0 Å². The Bertz CT molecular complexity index is 386. The number of anilines is 2. The standard InChI is InChI=1S/C12H20N4O2/c1-9(18)6-13-11-5-12(15-8-14-11)16-4-2-3-10(16)7-17/h5,8-10,17-18H,2-4,6-7H2,1H3,(H,13,14,15)/t9-,10-/m1/s1. The van der Waals surface area contributed by atoms with Gasteiger partial charge >= 0.3 is 0 Å². The number of nitrogens with zero attached hydrogens (tertiary/aromatic N) is 3. The molecular weight excluding hydrogens is 232 g/mol. The van der Waals surface area contributed by atoms with Crippen LogP contribution in [-0.4, -0.2) is 52.0 Å². The first-order chi connectivity index (χ1) is 8.70. The van der Waals surface area contributed by atoms with Crippen molar-refractivity contribution in [3.05, 3.63) is 12.4 Å². The van der Waals surface area contributed by atoms with Crippen LogP contribution in [0.15, 0.2) is 12.4 Å². The molecule has 2 atom stereocenters. The highest BCUT2D eigenvalue weighted by atomic mass is 16.3. The van der Waals surface area contributed by atoms with Crippen LogP contribution in [-0.2, 0) is 0 Å². The summed E-state index contributed by atoms with van der Waals surface area (Å²) in [4.78, 5) is 10.5. The minimum atomic E-state index is -0.416. The van der Waals surface area contributed by atoms with Gasteiger partial charge in [-0.2, -0.15) is 0 Å². The lowest BCUT2D eigenvalue weighted by atomic mass is 10.2. The van der Waals surface area contributed by atoms with Crippen molar-refractivity contribution in [2.45, 2.75) is 31.9 Å². The number of rotatable bonds is 5. The minimum absolute atomic E-state index is 0.153. The molecule has 2 rings (SSSR count). The fourth-order valence-electron chi connectivity index (χ4n) is 2.18. The van der Waals surface area contributed by atoms with Gasteiger partial charge in [0.05, 0.1) is 18.8 Å². The fraction of sp³-hybridized carbons (Fsp3) is 0.667. The summed E-state index contributed by atoms with van der Waals surface area (Å²) in [6.07, 6.45) is 3.16. The van der Waals surface area contributed by atoms with Crippen molar-refractivity contribution >= 4 is 11.6 Å². The fourth-order valence-corrected chi connectivity index (χ4v) is 2.18. The topological polar surface area (TPSA) is 81.5 Å². The van der Waals surface area contributed by atoms with Crippen LogP contribution < -0.4 is 10.2 Å². The summed E-state index contributed by atoms with van der Waals surface area (Å²) in [5.74, 6) is 1.53. The summed E-state index contributed by atoms with van der Waals surface area (Å²) >= 11 is 0. The molecule has 1 aromatic rings. The highest BCUT2D eigenvalue weighted by Crippen LogP contribution is 2.24. The van der Waals surface area contributed by atoms with Crippen LogP contribution in [0, 0.1) is 0 Å². The van der Waals surface area contributed by atoms with Crippen molar-refractivity contribution in [3.63, 3.8) is 0 Å². The number of hydrogen-bond donors (Lipinski definition) is 3. The van der Waals surface area contributed by atoms with Crippen molar-refractivity contribution in [1.29, 1.82) is 0 Å². The Kier molecular flexibility index (Phi) is 4.33. The summed E-state index contributed by atoms with van der Waals surface area (Å²) in [5, 5.41) is 21.6. The maximum atomic E-state index is 9.31. The van der Waals surface area contributed by atoms with Gasteiger partial charge in [0.25, 0.3) is 0 Å². The predicted molar refractivity (Wildman–Crippen MR) is 69.7 cm³/mol. The molecule has 0 aliphatic carbocycles. The molecule has 1 aliphatic heterocycles. The molecule has 0 saturated carbocycles. The Morgan fingerprint density at radius 1 is 1.56 bits per heavy atom. The molecule has 0 spiro atoms. The molecule has 6 nitrogen and oxygen atoms in total. The van der Waals surface area contributed by atoms with E-state index in [0.717, 1.165) is 25.2 Å². The second kappa shape index (κ2) is 5.97. The van der Waals surface area contributed by atoms with E-state index in [4.69, 9.17) is 0 Å². The predicted octanol–water partition coefficient (Wildman–Crippen LogP) is 0.230. The van der Waals surface area contributed by atoms with Gasteiger partial charge in [-0.1, -0.05) is 0 Å². The van der Waals surface area contributed by atoms with Crippen molar-refractivity contribution in [2.75, 3.05) is 29.9 Å². The van der Waals surface area contributed by atoms with Gasteiger partial charge in [-0.15, -0.1) is 0 Å². The smallest absolute Gasteiger partial charge is 0.134 e. The SMILES string of the molecule is C[C@@H](O)CNc1cc(N2CCC[C@@H]2CO)ncn1. The lowest BCUT2D eigenvalue weighted by Crippen LogP contribution is -2.32. The Balaban J connectivity index is 2.06. The molecule has 1 aliphatic rings. The third-order valence-electron chi connectivity index (χ3n) is 3.11. The second-order valence-electron chi connectivity index (χ2n) is 4.66. The van der Waals surface area contributed by atoms with Crippen LogP contribution in [0.1, 0.15) is 19.8 Å². The molecule has 1 fully saturated rings. The summed E-state index contributed by atoms with van der Waals surface area (Å²) < 4.78 is 0. The van der Waals surface area contributed by atoms with E-state index in [2.05, 4.69) is 20.2 Å². The minimum Gasteiger partial charge on any atom is -0.394 e. The maximum Gasteiger partial charge on any atom is 0.134 e. The van der Waals surface area contributed by atoms with Crippen LogP contribution in [0.25, 0.3) is 0 Å². The van der Waals surface area contributed by atoms with E-state index < -0.39 is 6.10 Å². The summed E-state index contributed by atoms with van der Waals surface area (Å²) in [6.45, 7) is 3.25. The van der Waals surface area contributed by atoms with Crippen molar-refractivity contribution in [2.24, 2.45) is 0 Å². The first-order valence-corrected chi connectivity index (χ1v) is 6.32. The Labute approximate surface area is 107 Å². The van der Waals surface area contributed by atoms with Crippen LogP contribution >= 0.6 is 0 Å². The van der Waals surface area contributed by atoms with E-state index in [1.165, 1.54) is 6.33 Å². The molecule has 0 aromatic carbocycles. The van der Waals surface area contributed by atoms with Gasteiger partial charge in [0.1, 0.15) is 18.0 Å². The normalized spacial score (nSPS) is 21.1. The zero-order chi connectivity index (χ0) is 13.0. The van der Waals surface area contributed by atoms with Gasteiger partial charge in [0, 0.05) is 19.2 Å². The van der Waals surface area contributed by atoms with Crippen LogP contribution in [0.4, 0.5) is 11.6 Å². The maximum absolute atomic E-state index is 9.31. The Morgan fingerprint density at radius 2 is 2.39 bits per heavy atom. The lowest BCUT2D eigenvalue weighted by molar-refractivity contribution is 0.208. The number of aliphatic hydroxyl groups excluding tert-OH is 2. The first-order valence-electron chi connectivity index (χ1n) is 6.32. The summed E-state index contributed by atoms with van der Waals surface area (Å²) in [7, 11) is 0. The quantitative estimate of drug-likeness (QED) is 0.696. The average Bonchev–Trinajstić information content (AvgIpc) is 2.85. The van der Waals surface area contributed by atoms with E-state index in [1.807, 2.05) is 6.07 Å². The number of nitrogens with one attached hydrogen (secondary N) is 1. The highest BCUT2D eigenvalue weighted by Gasteiger charge is 2.25. The number of aliphatic hydroxyl groups is 2. The highest BCUT2D eigenvalue weighted by molar-refractivity contribution is 5.49. The molecule has 3 N–H and O–H groups in total. The van der Waals surface area contributed by atoms with E-state index in [-0.39, 0.29) is 12.6 Å². The molecule has 0 bridgehead atoms. The number of aromatic nitrogens is 2. The molecule has 18 heavy (non-hydrogen) atoms. The van der Waals surface area contributed by atoms with E-state index in [1.54, 1.807) is 6.92 Å². The van der Waals surface area contributed by atoms with Crippen molar-refractivity contribution in [1.82, 2.24) is 9.97 Å². The van der Waals surface area contributed by atoms with E-state index in [9.17, 15) is 10.2 Å². The Morgan fingerprint density at radius 3 is 3.11 bits per heavy atom. The van der Waals surface area contributed by atoms with Gasteiger partial charge in [-0.25, -0.2) is 9.97 Å². The third kappa shape index (κ3) is 3.08. The number of hydrogen-bond acceptors (Lipinski definition) is 6. The molecule has 1 saturated heterocycles. The summed E-state index contributed by atoms with van der Waals surface area (Å²) in [5.41, 5.74) is 0. The molecule has 6 heteroatoms. The zero-order valence-electron chi connectivity index (χ0n) is 10.6. The first kappa shape index (κ1) is 13.0. The molecule has 2 heterocycles. The largest absolute Gasteiger partial charge is 0.394 e. The van der Waals surface area contributed by atoms with E-state index in [0.29, 0.717) is 12.4 Å². The lowest BCUT2D eigenvalue weighted by Gasteiger charge is -2.24. The van der Waals surface area contributed by atoms with Crippen LogP contribution in [0.5, 0.6) is 0 Å². The molecular formula is C12H20N4O2. The molecule has 100 valence electrons. The summed E-state index contributed by atoms with van der Waals surface area (Å²) in [6, 6.07) is 2.01. The van der Waals surface area contributed by atoms with E-state index >= 15 is 0 Å². The van der Waals surface area contributed by atoms with Gasteiger partial charge in [0.2, 0.25) is 0 Å². The molecule has 0 amide bonds. The zero-order valence-corrected chi connectivity index (χ0v) is 10.6. The molecule has 1 aromatic heterocycles. The van der Waals surface area contributed by atoms with Gasteiger partial charge < -0.3 is 20.4 Å². The van der Waals surface area contributed by atoms with Crippen molar-refractivity contribution < 1.29 is 10.2 Å². The van der Waals surface area contributed by atoms with Crippen molar-refractivity contribution in [3.8, 4) is 0 Å². The van der Waals surface area contributed by atoms with Gasteiger partial charge in [-0.3, -0.25) is 0 Å². The monoisotopic (exact) mass is 252 g/mol. The average molecular weight is 252 g/mol. The van der Waals surface area contributed by atoms with Crippen LogP contribution in [0.2, 0.25) is 0 Å². The molecule has 0 unspecified atom stereocenters. The Hall–Kier alpha value is -1.40. The van der Waals surface area contributed by atoms with Gasteiger partial charge in [-0.05, 0) is 19.8 Å². The second-order valence-corrected chi connectivity index (χ2v) is 4.66.